The van der Waals surface area contributed by atoms with E-state index in [1.165, 1.54) is 105 Å². The van der Waals surface area contributed by atoms with Gasteiger partial charge in [-0.05, 0) is 158 Å². The molecular formula is C64H46N2. The molecule has 66 heavy (non-hydrogen) atoms. The van der Waals surface area contributed by atoms with E-state index in [4.69, 9.17) is 0 Å². The Balaban J connectivity index is 0.921. The number of hydrogen-bond acceptors (Lipinski definition) is 1. The van der Waals surface area contributed by atoms with E-state index in [0.29, 0.717) is 0 Å². The molecule has 0 amide bonds. The van der Waals surface area contributed by atoms with Crippen LogP contribution in [0.1, 0.15) is 11.1 Å². The van der Waals surface area contributed by atoms with Gasteiger partial charge in [-0.1, -0.05) is 176 Å². The summed E-state index contributed by atoms with van der Waals surface area (Å²) in [4.78, 5) is 2.43. The van der Waals surface area contributed by atoms with E-state index in [0.717, 1.165) is 17.1 Å². The average Bonchev–Trinajstić information content (AvgIpc) is 3.72. The second-order valence-corrected chi connectivity index (χ2v) is 17.5. The standard InChI is InChI=1S/C64H46N2/c1-43-39-54(52-17-11-18-57(42-52)66-62-23-9-7-20-60(62)61-21-8-10-24-63(61)66)40-44(2)64(43)65(56-37-33-48(34-38-56)53-30-27-45-13-3-4-15-51(45)41-53)55-35-31-47(32-36-55)46-25-28-50(29-26-46)59-22-12-16-49-14-5-6-19-58(49)59/h3-42H,1-2H3. The molecule has 0 fully saturated rings. The highest BCUT2D eigenvalue weighted by atomic mass is 15.1. The summed E-state index contributed by atoms with van der Waals surface area (Å²) in [5.41, 5.74) is 19.0. The van der Waals surface area contributed by atoms with Gasteiger partial charge in [0.1, 0.15) is 0 Å². The number of para-hydroxylation sites is 2. The third-order valence-electron chi connectivity index (χ3n) is 13.4. The lowest BCUT2D eigenvalue weighted by Gasteiger charge is -2.29. The zero-order valence-corrected chi connectivity index (χ0v) is 37.0. The Labute approximate surface area is 385 Å². The molecule has 0 N–H and O–H groups in total. The molecule has 312 valence electrons. The molecule has 11 aromatic carbocycles. The first kappa shape index (κ1) is 39.2. The smallest absolute Gasteiger partial charge is 0.0541 e. The van der Waals surface area contributed by atoms with Gasteiger partial charge in [-0.3, -0.25) is 0 Å². The summed E-state index contributed by atoms with van der Waals surface area (Å²) < 4.78 is 2.40. The van der Waals surface area contributed by atoms with Gasteiger partial charge in [-0.15, -0.1) is 0 Å². The van der Waals surface area contributed by atoms with Crippen molar-refractivity contribution in [3.8, 4) is 50.2 Å². The van der Waals surface area contributed by atoms with E-state index in [2.05, 4.69) is 266 Å². The van der Waals surface area contributed by atoms with Gasteiger partial charge in [-0.25, -0.2) is 0 Å². The summed E-state index contributed by atoms with van der Waals surface area (Å²) in [6.45, 7) is 4.51. The molecule has 1 heterocycles. The van der Waals surface area contributed by atoms with Crippen LogP contribution in [-0.2, 0) is 0 Å². The maximum Gasteiger partial charge on any atom is 0.0541 e. The first-order valence-electron chi connectivity index (χ1n) is 22.8. The van der Waals surface area contributed by atoms with Crippen molar-refractivity contribution in [2.24, 2.45) is 0 Å². The minimum Gasteiger partial charge on any atom is -0.310 e. The molecule has 0 bridgehead atoms. The highest BCUT2D eigenvalue weighted by Crippen LogP contribution is 2.43. The summed E-state index contributed by atoms with van der Waals surface area (Å²) >= 11 is 0. The van der Waals surface area contributed by atoms with Crippen molar-refractivity contribution < 1.29 is 0 Å². The monoisotopic (exact) mass is 842 g/mol. The van der Waals surface area contributed by atoms with Crippen LogP contribution in [0.15, 0.2) is 243 Å². The molecule has 0 saturated heterocycles. The largest absolute Gasteiger partial charge is 0.310 e. The molecule has 0 saturated carbocycles. The topological polar surface area (TPSA) is 8.17 Å². The zero-order valence-electron chi connectivity index (χ0n) is 37.0. The SMILES string of the molecule is Cc1cc(-c2cccc(-n3c4ccccc4c4ccccc43)c2)cc(C)c1N(c1ccc(-c2ccc(-c3cccc4ccccc34)cc2)cc1)c1ccc(-c2ccc3ccccc3c2)cc1. The highest BCUT2D eigenvalue weighted by Gasteiger charge is 2.20. The number of rotatable bonds is 8. The lowest BCUT2D eigenvalue weighted by atomic mass is 9.95. The van der Waals surface area contributed by atoms with Crippen molar-refractivity contribution in [2.45, 2.75) is 13.8 Å². The lowest BCUT2D eigenvalue weighted by molar-refractivity contribution is 1.18. The number of benzene rings is 11. The molecule has 2 heteroatoms. The number of fused-ring (bicyclic) bond motifs is 5. The van der Waals surface area contributed by atoms with Gasteiger partial charge in [0.05, 0.1) is 16.7 Å². The van der Waals surface area contributed by atoms with Crippen LogP contribution in [0.4, 0.5) is 17.1 Å². The Bertz CT molecular complexity index is 3680. The summed E-state index contributed by atoms with van der Waals surface area (Å²) in [6.07, 6.45) is 0. The molecule has 0 unspecified atom stereocenters. The van der Waals surface area contributed by atoms with Crippen LogP contribution >= 0.6 is 0 Å². The van der Waals surface area contributed by atoms with Crippen LogP contribution in [0, 0.1) is 13.8 Å². The van der Waals surface area contributed by atoms with Crippen molar-refractivity contribution >= 4 is 60.4 Å². The van der Waals surface area contributed by atoms with Crippen molar-refractivity contribution in [3.63, 3.8) is 0 Å². The summed E-state index contributed by atoms with van der Waals surface area (Å²) in [6, 6.07) is 88.7. The Morgan fingerprint density at radius 1 is 0.303 bits per heavy atom. The molecule has 0 aliphatic rings. The number of aromatic nitrogens is 1. The maximum absolute atomic E-state index is 2.43. The van der Waals surface area contributed by atoms with Gasteiger partial charge in [0.2, 0.25) is 0 Å². The number of aryl methyl sites for hydroxylation is 2. The Morgan fingerprint density at radius 3 is 1.42 bits per heavy atom. The summed E-state index contributed by atoms with van der Waals surface area (Å²) in [5, 5.41) is 7.56. The van der Waals surface area contributed by atoms with Gasteiger partial charge in [0.25, 0.3) is 0 Å². The second kappa shape index (κ2) is 16.3. The molecule has 0 aliphatic heterocycles. The molecule has 2 nitrogen and oxygen atoms in total. The van der Waals surface area contributed by atoms with Crippen LogP contribution in [0.2, 0.25) is 0 Å². The van der Waals surface area contributed by atoms with E-state index < -0.39 is 0 Å². The fourth-order valence-electron chi connectivity index (χ4n) is 10.2. The van der Waals surface area contributed by atoms with Crippen molar-refractivity contribution in [1.82, 2.24) is 4.57 Å². The quantitative estimate of drug-likeness (QED) is 0.148. The van der Waals surface area contributed by atoms with Crippen molar-refractivity contribution in [2.75, 3.05) is 4.90 Å². The minimum absolute atomic E-state index is 1.11. The molecule has 12 rings (SSSR count). The first-order valence-corrected chi connectivity index (χ1v) is 22.8. The number of hydrogen-bond donors (Lipinski definition) is 0. The molecule has 12 aromatic rings. The summed E-state index contributed by atoms with van der Waals surface area (Å²) in [7, 11) is 0. The maximum atomic E-state index is 2.43. The minimum atomic E-state index is 1.11. The van der Waals surface area contributed by atoms with Gasteiger partial charge in [0, 0.05) is 27.8 Å². The summed E-state index contributed by atoms with van der Waals surface area (Å²) in [5.74, 6) is 0. The van der Waals surface area contributed by atoms with Crippen LogP contribution in [0.5, 0.6) is 0 Å². The van der Waals surface area contributed by atoms with E-state index in [1.54, 1.807) is 0 Å². The Hall–Kier alpha value is -8.46. The predicted molar refractivity (Wildman–Crippen MR) is 282 cm³/mol. The fraction of sp³-hybridized carbons (Fsp3) is 0.0312. The van der Waals surface area contributed by atoms with Crippen LogP contribution < -0.4 is 4.90 Å². The van der Waals surface area contributed by atoms with Crippen LogP contribution in [0.25, 0.3) is 93.5 Å². The zero-order chi connectivity index (χ0) is 44.1. The normalized spacial score (nSPS) is 11.5. The van der Waals surface area contributed by atoms with E-state index >= 15 is 0 Å². The van der Waals surface area contributed by atoms with Crippen molar-refractivity contribution in [3.05, 3.63) is 254 Å². The highest BCUT2D eigenvalue weighted by molar-refractivity contribution is 6.09. The molecule has 0 aliphatic carbocycles. The van der Waals surface area contributed by atoms with Crippen LogP contribution in [-0.4, -0.2) is 4.57 Å². The molecule has 1 aromatic heterocycles. The van der Waals surface area contributed by atoms with Crippen molar-refractivity contribution in [1.29, 1.82) is 0 Å². The van der Waals surface area contributed by atoms with Gasteiger partial charge in [-0.2, -0.15) is 0 Å². The number of nitrogens with zero attached hydrogens (tertiary/aromatic N) is 2. The third kappa shape index (κ3) is 6.92. The molecule has 0 spiro atoms. The Kier molecular flexibility index (Phi) is 9.65. The lowest BCUT2D eigenvalue weighted by Crippen LogP contribution is -2.13. The first-order chi connectivity index (χ1) is 32.5. The fourth-order valence-corrected chi connectivity index (χ4v) is 10.2. The van der Waals surface area contributed by atoms with Gasteiger partial charge < -0.3 is 9.47 Å². The molecule has 0 atom stereocenters. The van der Waals surface area contributed by atoms with Gasteiger partial charge in [0.15, 0.2) is 0 Å². The van der Waals surface area contributed by atoms with E-state index in [9.17, 15) is 0 Å². The number of anilines is 3. The third-order valence-corrected chi connectivity index (χ3v) is 13.4. The Morgan fingerprint density at radius 2 is 0.773 bits per heavy atom. The average molecular weight is 843 g/mol. The molecule has 0 radical (unpaired) electrons. The second-order valence-electron chi connectivity index (χ2n) is 17.5. The molecular weight excluding hydrogens is 797 g/mol. The van der Waals surface area contributed by atoms with Crippen LogP contribution in [0.3, 0.4) is 0 Å². The predicted octanol–water partition coefficient (Wildman–Crippen LogP) is 17.8. The van der Waals surface area contributed by atoms with E-state index in [1.807, 2.05) is 0 Å². The van der Waals surface area contributed by atoms with Gasteiger partial charge >= 0.3 is 0 Å². The van der Waals surface area contributed by atoms with E-state index in [-0.39, 0.29) is 0 Å².